The molecule has 2 fully saturated rings. The molecule has 0 saturated heterocycles. The molecule has 0 unspecified atom stereocenters. The molecule has 1 aromatic carbocycles. The average Bonchev–Trinajstić information content (AvgIpc) is 2.71. The molecule has 30 heavy (non-hydrogen) atoms. The number of alkyl halides is 3. The van der Waals surface area contributed by atoms with Crippen LogP contribution in [0.25, 0.3) is 0 Å². The number of hydrogen-bond acceptors (Lipinski definition) is 1. The van der Waals surface area contributed by atoms with E-state index < -0.39 is 23.7 Å². The Morgan fingerprint density at radius 1 is 0.900 bits per heavy atom. The second-order valence-corrected chi connectivity index (χ2v) is 8.86. The predicted molar refractivity (Wildman–Crippen MR) is 107 cm³/mol. The highest BCUT2D eigenvalue weighted by Crippen LogP contribution is 2.45. The molecule has 0 atom stereocenters. The molecule has 0 N–H and O–H groups in total. The van der Waals surface area contributed by atoms with E-state index in [1.807, 2.05) is 0 Å². The molecule has 2 aliphatic rings. The van der Waals surface area contributed by atoms with E-state index in [0.717, 1.165) is 50.2 Å². The first-order chi connectivity index (χ1) is 14.3. The smallest absolute Gasteiger partial charge is 0.399 e. The summed E-state index contributed by atoms with van der Waals surface area (Å²) in [7, 11) is 0. The highest BCUT2D eigenvalue weighted by molar-refractivity contribution is 5.33. The Kier molecular flexibility index (Phi) is 7.81. The minimum atomic E-state index is -5.12. The molecule has 0 radical (unpaired) electrons. The summed E-state index contributed by atoms with van der Waals surface area (Å²) < 4.78 is 68.5. The Hall–Kier alpha value is -1.59. The van der Waals surface area contributed by atoms with Crippen molar-refractivity contribution < 1.29 is 26.7 Å². The van der Waals surface area contributed by atoms with Crippen molar-refractivity contribution >= 4 is 0 Å². The number of unbranched alkanes of at least 4 members (excludes halogenated alkanes) is 1. The topological polar surface area (TPSA) is 9.23 Å². The SMILES string of the molecule is CCC/C=C/[C@H]1CC[C@H]([C@H]2CC[C@H](c3cc(F)c(OC(F)(F)F)c(F)c3)CC2)CC1. The van der Waals surface area contributed by atoms with Gasteiger partial charge in [-0.3, -0.25) is 0 Å². The molecule has 0 aliphatic heterocycles. The van der Waals surface area contributed by atoms with E-state index in [0.29, 0.717) is 17.4 Å². The third-order valence-corrected chi connectivity index (χ3v) is 6.83. The van der Waals surface area contributed by atoms with E-state index in [1.54, 1.807) is 0 Å². The maximum atomic E-state index is 14.0. The quantitative estimate of drug-likeness (QED) is 0.326. The second kappa shape index (κ2) is 10.1. The Morgan fingerprint density at radius 3 is 1.93 bits per heavy atom. The fraction of sp³-hybridized carbons (Fsp3) is 0.667. The van der Waals surface area contributed by atoms with Gasteiger partial charge in [0.05, 0.1) is 0 Å². The molecule has 3 rings (SSSR count). The monoisotopic (exact) mass is 430 g/mol. The fourth-order valence-electron chi connectivity index (χ4n) is 5.22. The molecule has 6 heteroatoms. The molecule has 2 aliphatic carbocycles. The maximum absolute atomic E-state index is 14.0. The van der Waals surface area contributed by atoms with Gasteiger partial charge in [0.2, 0.25) is 5.75 Å². The summed E-state index contributed by atoms with van der Waals surface area (Å²) in [6.45, 7) is 2.19. The highest BCUT2D eigenvalue weighted by Gasteiger charge is 2.35. The van der Waals surface area contributed by atoms with Crippen LogP contribution < -0.4 is 4.74 Å². The van der Waals surface area contributed by atoms with E-state index in [9.17, 15) is 22.0 Å². The first kappa shape index (κ1) is 23.1. The number of rotatable bonds is 6. The van der Waals surface area contributed by atoms with Gasteiger partial charge in [-0.2, -0.15) is 0 Å². The lowest BCUT2D eigenvalue weighted by atomic mass is 9.68. The zero-order chi connectivity index (χ0) is 21.7. The van der Waals surface area contributed by atoms with Crippen LogP contribution in [-0.4, -0.2) is 6.36 Å². The summed E-state index contributed by atoms with van der Waals surface area (Å²) in [6, 6.07) is 2.01. The van der Waals surface area contributed by atoms with Crippen molar-refractivity contribution in [3.05, 3.63) is 41.5 Å². The summed E-state index contributed by atoms with van der Waals surface area (Å²) >= 11 is 0. The summed E-state index contributed by atoms with van der Waals surface area (Å²) in [6.07, 6.45) is 10.5. The van der Waals surface area contributed by atoms with Gasteiger partial charge in [0, 0.05) is 0 Å². The zero-order valence-corrected chi connectivity index (χ0v) is 17.5. The van der Waals surface area contributed by atoms with Crippen LogP contribution in [0.3, 0.4) is 0 Å². The van der Waals surface area contributed by atoms with Crippen LogP contribution in [0, 0.1) is 29.4 Å². The zero-order valence-electron chi connectivity index (χ0n) is 17.5. The number of allylic oxidation sites excluding steroid dienone is 2. The van der Waals surface area contributed by atoms with Gasteiger partial charge >= 0.3 is 6.36 Å². The van der Waals surface area contributed by atoms with Crippen molar-refractivity contribution in [3.63, 3.8) is 0 Å². The van der Waals surface area contributed by atoms with Crippen LogP contribution in [0.15, 0.2) is 24.3 Å². The molecular formula is C24H31F5O. The van der Waals surface area contributed by atoms with Gasteiger partial charge in [-0.05, 0) is 99.2 Å². The van der Waals surface area contributed by atoms with Gasteiger partial charge in [0.15, 0.2) is 11.6 Å². The molecule has 1 aromatic rings. The molecule has 0 heterocycles. The van der Waals surface area contributed by atoms with Gasteiger partial charge in [0.1, 0.15) is 0 Å². The van der Waals surface area contributed by atoms with E-state index in [-0.39, 0.29) is 5.92 Å². The first-order valence-corrected chi connectivity index (χ1v) is 11.2. The van der Waals surface area contributed by atoms with Crippen LogP contribution in [0.5, 0.6) is 5.75 Å². The van der Waals surface area contributed by atoms with Gasteiger partial charge < -0.3 is 4.74 Å². The van der Waals surface area contributed by atoms with Crippen LogP contribution in [0.4, 0.5) is 22.0 Å². The summed E-state index contributed by atoms with van der Waals surface area (Å²) in [4.78, 5) is 0. The minimum absolute atomic E-state index is 0.0153. The standard InChI is InChI=1S/C24H31F5O/c1-2-3-4-5-16-6-8-17(9-7-16)18-10-12-19(13-11-18)20-14-21(25)23(22(26)15-20)30-24(27,28)29/h4-5,14-19H,2-3,6-13H2,1H3/b5-4+/t16-,17-,18-,19-. The van der Waals surface area contributed by atoms with Crippen LogP contribution in [-0.2, 0) is 0 Å². The lowest BCUT2D eigenvalue weighted by Gasteiger charge is -2.37. The number of benzene rings is 1. The van der Waals surface area contributed by atoms with Crippen molar-refractivity contribution in [1.29, 1.82) is 0 Å². The summed E-state index contributed by atoms with van der Waals surface area (Å²) in [5.41, 5.74) is 0.433. The van der Waals surface area contributed by atoms with Crippen LogP contribution in [0.1, 0.15) is 82.6 Å². The maximum Gasteiger partial charge on any atom is 0.573 e. The second-order valence-electron chi connectivity index (χ2n) is 8.86. The van der Waals surface area contributed by atoms with Crippen molar-refractivity contribution in [1.82, 2.24) is 0 Å². The van der Waals surface area contributed by atoms with Gasteiger partial charge in [-0.15, -0.1) is 13.2 Å². The molecule has 1 nitrogen and oxygen atoms in total. The molecule has 0 aromatic heterocycles. The highest BCUT2D eigenvalue weighted by atomic mass is 19.4. The lowest BCUT2D eigenvalue weighted by Crippen LogP contribution is -2.25. The van der Waals surface area contributed by atoms with Crippen molar-refractivity contribution in [2.24, 2.45) is 17.8 Å². The van der Waals surface area contributed by atoms with Gasteiger partial charge in [-0.1, -0.05) is 25.5 Å². The van der Waals surface area contributed by atoms with Crippen molar-refractivity contribution in [2.45, 2.75) is 83.4 Å². The Balaban J connectivity index is 1.52. The van der Waals surface area contributed by atoms with Crippen LogP contribution >= 0.6 is 0 Å². The summed E-state index contributed by atoms with van der Waals surface area (Å²) in [5, 5.41) is 0. The number of hydrogen-bond donors (Lipinski definition) is 0. The van der Waals surface area contributed by atoms with Crippen molar-refractivity contribution in [2.75, 3.05) is 0 Å². The van der Waals surface area contributed by atoms with E-state index in [1.165, 1.54) is 32.1 Å². The van der Waals surface area contributed by atoms with E-state index >= 15 is 0 Å². The largest absolute Gasteiger partial charge is 0.573 e. The van der Waals surface area contributed by atoms with Gasteiger partial charge in [0.25, 0.3) is 0 Å². The lowest BCUT2D eigenvalue weighted by molar-refractivity contribution is -0.276. The predicted octanol–water partition coefficient (Wildman–Crippen LogP) is 8.30. The summed E-state index contributed by atoms with van der Waals surface area (Å²) in [5.74, 6) is -1.91. The number of halogens is 5. The fourth-order valence-corrected chi connectivity index (χ4v) is 5.22. The normalized spacial score (nSPS) is 28.1. The van der Waals surface area contributed by atoms with Gasteiger partial charge in [-0.25, -0.2) is 8.78 Å². The third-order valence-electron chi connectivity index (χ3n) is 6.83. The first-order valence-electron chi connectivity index (χ1n) is 11.2. The molecular weight excluding hydrogens is 399 g/mol. The van der Waals surface area contributed by atoms with E-state index in [4.69, 9.17) is 0 Å². The van der Waals surface area contributed by atoms with Crippen LogP contribution in [0.2, 0.25) is 0 Å². The molecule has 0 bridgehead atoms. The Labute approximate surface area is 175 Å². The molecule has 2 saturated carbocycles. The minimum Gasteiger partial charge on any atom is -0.399 e. The molecule has 0 amide bonds. The Morgan fingerprint density at radius 2 is 1.43 bits per heavy atom. The van der Waals surface area contributed by atoms with Crippen molar-refractivity contribution in [3.8, 4) is 5.75 Å². The average molecular weight is 431 g/mol. The Bertz CT molecular complexity index is 688. The molecule has 0 spiro atoms. The van der Waals surface area contributed by atoms with E-state index in [2.05, 4.69) is 23.8 Å². The number of ether oxygens (including phenoxy) is 1. The molecule has 168 valence electrons. The third kappa shape index (κ3) is 6.21.